The predicted molar refractivity (Wildman–Crippen MR) is 165 cm³/mol. The maximum atomic E-state index is 13.1. The number of ether oxygens (including phenoxy) is 3. The Labute approximate surface area is 252 Å². The molecule has 206 valence electrons. The van der Waals surface area contributed by atoms with E-state index in [4.69, 9.17) is 14.2 Å². The normalized spacial score (nSPS) is 14.1. The fraction of sp³-hybridized carbons (Fsp3) is 0.258. The SMILES string of the molecule is COc1cc(/C=C2\SC(=O)N(CCOc3cc(C)ccc3C(C)C)C2=O)cc(I)c1OCc1ccccc1C#N. The van der Waals surface area contributed by atoms with Crippen molar-refractivity contribution in [3.63, 3.8) is 0 Å². The van der Waals surface area contributed by atoms with Gasteiger partial charge in [0.1, 0.15) is 19.0 Å². The lowest BCUT2D eigenvalue weighted by molar-refractivity contribution is -0.123. The number of thioether (sulfide) groups is 1. The first-order valence-corrected chi connectivity index (χ1v) is 14.6. The van der Waals surface area contributed by atoms with E-state index in [9.17, 15) is 14.9 Å². The number of hydrogen-bond donors (Lipinski definition) is 0. The second kappa shape index (κ2) is 13.2. The molecular weight excluding hydrogens is 639 g/mol. The molecule has 1 saturated heterocycles. The molecule has 0 spiro atoms. The van der Waals surface area contributed by atoms with Gasteiger partial charge in [0, 0.05) is 5.56 Å². The lowest BCUT2D eigenvalue weighted by Crippen LogP contribution is -2.32. The fourth-order valence-corrected chi connectivity index (χ4v) is 5.85. The van der Waals surface area contributed by atoms with Crippen LogP contribution < -0.4 is 14.2 Å². The average molecular weight is 669 g/mol. The van der Waals surface area contributed by atoms with Crippen molar-refractivity contribution in [1.82, 2.24) is 4.90 Å². The quantitative estimate of drug-likeness (QED) is 0.166. The minimum absolute atomic E-state index is 0.158. The molecule has 0 aliphatic carbocycles. The number of hydrogen-bond acceptors (Lipinski definition) is 7. The van der Waals surface area contributed by atoms with E-state index in [1.807, 2.05) is 43.3 Å². The third-order valence-corrected chi connectivity index (χ3v) is 8.01. The Morgan fingerprint density at radius 3 is 2.58 bits per heavy atom. The number of amides is 2. The third-order valence-electron chi connectivity index (χ3n) is 6.30. The van der Waals surface area contributed by atoms with Gasteiger partial charge in [-0.2, -0.15) is 5.26 Å². The van der Waals surface area contributed by atoms with Crippen LogP contribution in [0.3, 0.4) is 0 Å². The molecule has 1 heterocycles. The van der Waals surface area contributed by atoms with Crippen LogP contribution in [-0.2, 0) is 11.4 Å². The van der Waals surface area contributed by atoms with Gasteiger partial charge in [0.05, 0.1) is 33.8 Å². The number of halogens is 1. The van der Waals surface area contributed by atoms with E-state index in [-0.39, 0.29) is 30.9 Å². The summed E-state index contributed by atoms with van der Waals surface area (Å²) in [5, 5.41) is 9.01. The van der Waals surface area contributed by atoms with Crippen LogP contribution in [0.25, 0.3) is 6.08 Å². The van der Waals surface area contributed by atoms with Crippen LogP contribution >= 0.6 is 34.4 Å². The second-order valence-electron chi connectivity index (χ2n) is 9.47. The van der Waals surface area contributed by atoms with Gasteiger partial charge in [-0.1, -0.05) is 44.2 Å². The van der Waals surface area contributed by atoms with Crippen LogP contribution in [0.15, 0.2) is 59.5 Å². The summed E-state index contributed by atoms with van der Waals surface area (Å²) in [6.07, 6.45) is 1.68. The molecule has 1 fully saturated rings. The summed E-state index contributed by atoms with van der Waals surface area (Å²) in [4.78, 5) is 27.3. The van der Waals surface area contributed by atoms with E-state index >= 15 is 0 Å². The van der Waals surface area contributed by atoms with Crippen LogP contribution in [0.4, 0.5) is 4.79 Å². The van der Waals surface area contributed by atoms with Crippen molar-refractivity contribution in [2.75, 3.05) is 20.3 Å². The summed E-state index contributed by atoms with van der Waals surface area (Å²) < 4.78 is 18.4. The largest absolute Gasteiger partial charge is 0.493 e. The number of carbonyl (C=O) groups is 2. The molecule has 0 N–H and O–H groups in total. The summed E-state index contributed by atoms with van der Waals surface area (Å²) in [6, 6.07) is 19.1. The van der Waals surface area contributed by atoms with Gasteiger partial charge in [-0.15, -0.1) is 0 Å². The Hall–Kier alpha value is -3.49. The first-order valence-electron chi connectivity index (χ1n) is 12.7. The fourth-order valence-electron chi connectivity index (χ4n) is 4.20. The minimum Gasteiger partial charge on any atom is -0.493 e. The number of methoxy groups -OCH3 is 1. The molecular formula is C31H29IN2O5S. The highest BCUT2D eigenvalue weighted by atomic mass is 127. The molecule has 0 atom stereocenters. The molecule has 0 unspecified atom stereocenters. The van der Waals surface area contributed by atoms with E-state index in [1.165, 1.54) is 12.0 Å². The highest BCUT2D eigenvalue weighted by Gasteiger charge is 2.35. The van der Waals surface area contributed by atoms with Gasteiger partial charge in [-0.05, 0) is 94.2 Å². The Bertz CT molecular complexity index is 1510. The zero-order valence-corrected chi connectivity index (χ0v) is 25.7. The van der Waals surface area contributed by atoms with Crippen molar-refractivity contribution in [3.05, 3.63) is 90.9 Å². The second-order valence-corrected chi connectivity index (χ2v) is 11.6. The van der Waals surface area contributed by atoms with Crippen molar-refractivity contribution in [2.24, 2.45) is 0 Å². The number of rotatable bonds is 10. The van der Waals surface area contributed by atoms with Gasteiger partial charge < -0.3 is 14.2 Å². The first kappa shape index (κ1) is 29.5. The molecule has 0 saturated carbocycles. The molecule has 2 amide bonds. The zero-order chi connectivity index (χ0) is 28.8. The number of nitrogens with zero attached hydrogens (tertiary/aromatic N) is 2. The molecule has 9 heteroatoms. The highest BCUT2D eigenvalue weighted by Crippen LogP contribution is 2.38. The third kappa shape index (κ3) is 6.80. The van der Waals surface area contributed by atoms with Gasteiger partial charge in [-0.3, -0.25) is 14.5 Å². The number of benzene rings is 3. The Balaban J connectivity index is 1.46. The topological polar surface area (TPSA) is 88.9 Å². The lowest BCUT2D eigenvalue weighted by Gasteiger charge is -2.17. The summed E-state index contributed by atoms with van der Waals surface area (Å²) in [7, 11) is 1.54. The highest BCUT2D eigenvalue weighted by molar-refractivity contribution is 14.1. The number of nitriles is 1. The van der Waals surface area contributed by atoms with Crippen molar-refractivity contribution in [3.8, 4) is 23.3 Å². The number of imide groups is 1. The van der Waals surface area contributed by atoms with Gasteiger partial charge >= 0.3 is 0 Å². The molecule has 0 radical (unpaired) electrons. The zero-order valence-electron chi connectivity index (χ0n) is 22.7. The standard InChI is InChI=1S/C31H29IN2O5S/c1-19(2)24-10-9-20(3)13-26(24)38-12-11-34-30(35)28(40-31(34)36)16-21-14-25(32)29(27(15-21)37-4)39-18-23-8-6-5-7-22(23)17-33/h5-10,13-16,19H,11-12,18H2,1-4H3/b28-16-. The van der Waals surface area contributed by atoms with Crippen LogP contribution in [0.2, 0.25) is 0 Å². The van der Waals surface area contributed by atoms with E-state index in [1.54, 1.807) is 18.2 Å². The number of carbonyl (C=O) groups excluding carboxylic acids is 2. The van der Waals surface area contributed by atoms with Gasteiger partial charge in [-0.25, -0.2) is 0 Å². The summed E-state index contributed by atoms with van der Waals surface area (Å²) in [5.74, 6) is 1.74. The number of aryl methyl sites for hydroxylation is 1. The Morgan fingerprint density at radius 1 is 1.07 bits per heavy atom. The van der Waals surface area contributed by atoms with Crippen molar-refractivity contribution < 1.29 is 23.8 Å². The van der Waals surface area contributed by atoms with Crippen LogP contribution in [0.5, 0.6) is 17.2 Å². The smallest absolute Gasteiger partial charge is 0.293 e. The summed E-state index contributed by atoms with van der Waals surface area (Å²) >= 11 is 3.05. The van der Waals surface area contributed by atoms with E-state index < -0.39 is 0 Å². The first-order chi connectivity index (χ1) is 19.2. The van der Waals surface area contributed by atoms with Crippen molar-refractivity contribution in [1.29, 1.82) is 5.26 Å². The van der Waals surface area contributed by atoms with E-state index in [0.717, 1.165) is 37.8 Å². The molecule has 0 aromatic heterocycles. The summed E-state index contributed by atoms with van der Waals surface area (Å²) in [5.41, 5.74) is 4.20. The predicted octanol–water partition coefficient (Wildman–Crippen LogP) is 7.30. The molecule has 7 nitrogen and oxygen atoms in total. The lowest BCUT2D eigenvalue weighted by atomic mass is 10.0. The van der Waals surface area contributed by atoms with Crippen LogP contribution in [0, 0.1) is 21.8 Å². The van der Waals surface area contributed by atoms with E-state index in [0.29, 0.717) is 33.4 Å². The molecule has 0 bridgehead atoms. The minimum atomic E-state index is -0.352. The molecule has 40 heavy (non-hydrogen) atoms. The van der Waals surface area contributed by atoms with E-state index in [2.05, 4.69) is 48.6 Å². The molecule has 3 aromatic carbocycles. The molecule has 4 rings (SSSR count). The monoisotopic (exact) mass is 668 g/mol. The average Bonchev–Trinajstić information content (AvgIpc) is 3.19. The van der Waals surface area contributed by atoms with Crippen LogP contribution in [0.1, 0.15) is 47.6 Å². The molecule has 3 aromatic rings. The molecule has 1 aliphatic rings. The Morgan fingerprint density at radius 2 is 1.85 bits per heavy atom. The van der Waals surface area contributed by atoms with Crippen molar-refractivity contribution >= 4 is 51.6 Å². The maximum Gasteiger partial charge on any atom is 0.293 e. The Kier molecular flexibility index (Phi) is 9.76. The van der Waals surface area contributed by atoms with Gasteiger partial charge in [0.2, 0.25) is 0 Å². The van der Waals surface area contributed by atoms with Gasteiger partial charge in [0.25, 0.3) is 11.1 Å². The van der Waals surface area contributed by atoms with Gasteiger partial charge in [0.15, 0.2) is 11.5 Å². The maximum absolute atomic E-state index is 13.1. The summed E-state index contributed by atoms with van der Waals surface area (Å²) in [6.45, 7) is 6.77. The van der Waals surface area contributed by atoms with Crippen molar-refractivity contribution in [2.45, 2.75) is 33.3 Å². The molecule has 1 aliphatic heterocycles. The van der Waals surface area contributed by atoms with Crippen LogP contribution in [-0.4, -0.2) is 36.3 Å².